The van der Waals surface area contributed by atoms with E-state index in [4.69, 9.17) is 31.8 Å². The molecule has 6 N–H and O–H groups in total. The van der Waals surface area contributed by atoms with Gasteiger partial charge >= 0.3 is 15.2 Å². The summed E-state index contributed by atoms with van der Waals surface area (Å²) >= 11 is 4.84. The van der Waals surface area contributed by atoms with Crippen LogP contribution in [-0.2, 0) is 9.13 Å². The van der Waals surface area contributed by atoms with Crippen molar-refractivity contribution in [3.05, 3.63) is 0 Å². The molecule has 0 heterocycles. The molecule has 19 heavy (non-hydrogen) atoms. The van der Waals surface area contributed by atoms with E-state index in [1.165, 1.54) is 0 Å². The smallest absolute Gasteiger partial charge is 0.360 e. The fourth-order valence-corrected chi connectivity index (χ4v) is 4.58. The molecule has 1 aliphatic carbocycles. The van der Waals surface area contributed by atoms with Crippen LogP contribution in [0.5, 0.6) is 0 Å². The second kappa shape index (κ2) is 6.63. The van der Waals surface area contributed by atoms with Crippen molar-refractivity contribution in [2.75, 3.05) is 0 Å². The molecule has 8 nitrogen and oxygen atoms in total. The Bertz CT molecular complexity index is 393. The van der Waals surface area contributed by atoms with Crippen LogP contribution in [0.4, 0.5) is 0 Å². The summed E-state index contributed by atoms with van der Waals surface area (Å²) in [5.41, 5.74) is -2.30. The van der Waals surface area contributed by atoms with Crippen LogP contribution in [-0.4, -0.2) is 36.3 Å². The number of rotatable bonds is 4. The van der Waals surface area contributed by atoms with E-state index in [0.29, 0.717) is 0 Å². The first-order valence-corrected chi connectivity index (χ1v) is 9.55. The second-order valence-electron chi connectivity index (χ2n) is 4.50. The Morgan fingerprint density at radius 1 is 1.05 bits per heavy atom. The molecular formula is C8H18N2O6P2S. The predicted molar refractivity (Wildman–Crippen MR) is 73.6 cm³/mol. The molecule has 112 valence electrons. The van der Waals surface area contributed by atoms with Gasteiger partial charge in [0.15, 0.2) is 5.11 Å². The average Bonchev–Trinajstić information content (AvgIpc) is 2.24. The first-order chi connectivity index (χ1) is 8.60. The molecule has 1 saturated carbocycles. The summed E-state index contributed by atoms with van der Waals surface area (Å²) in [4.78, 5) is 35.7. The van der Waals surface area contributed by atoms with Crippen LogP contribution in [0.2, 0.25) is 0 Å². The van der Waals surface area contributed by atoms with Crippen LogP contribution < -0.4 is 10.6 Å². The molecule has 0 atom stereocenters. The monoisotopic (exact) mass is 332 g/mol. The Morgan fingerprint density at radius 2 is 1.53 bits per heavy atom. The van der Waals surface area contributed by atoms with Gasteiger partial charge in [-0.3, -0.25) is 9.13 Å². The maximum absolute atomic E-state index is 11.1. The zero-order valence-corrected chi connectivity index (χ0v) is 12.7. The molecule has 1 aliphatic rings. The Kier molecular flexibility index (Phi) is 5.95. The van der Waals surface area contributed by atoms with Crippen molar-refractivity contribution in [2.24, 2.45) is 0 Å². The average molecular weight is 332 g/mol. The molecular weight excluding hydrogens is 314 g/mol. The van der Waals surface area contributed by atoms with E-state index in [9.17, 15) is 9.13 Å². The lowest BCUT2D eigenvalue weighted by Gasteiger charge is -2.27. The third-order valence-electron chi connectivity index (χ3n) is 2.84. The van der Waals surface area contributed by atoms with Gasteiger partial charge in [0.1, 0.15) is 0 Å². The minimum atomic E-state index is -5.01. The summed E-state index contributed by atoms with van der Waals surface area (Å²) in [7, 11) is -10.0. The van der Waals surface area contributed by atoms with Gasteiger partial charge in [0.25, 0.3) is 0 Å². The maximum Gasteiger partial charge on any atom is 0.360 e. The van der Waals surface area contributed by atoms with Crippen molar-refractivity contribution < 1.29 is 28.7 Å². The van der Waals surface area contributed by atoms with Gasteiger partial charge in [-0.2, -0.15) is 0 Å². The molecule has 0 radical (unpaired) electrons. The Hall–Kier alpha value is -0.0100. The third-order valence-corrected chi connectivity index (χ3v) is 6.41. The molecule has 0 aliphatic heterocycles. The van der Waals surface area contributed by atoms with Gasteiger partial charge < -0.3 is 30.2 Å². The topological polar surface area (TPSA) is 139 Å². The van der Waals surface area contributed by atoms with Crippen molar-refractivity contribution in [2.45, 2.75) is 43.7 Å². The summed E-state index contributed by atoms with van der Waals surface area (Å²) < 4.78 is 22.1. The summed E-state index contributed by atoms with van der Waals surface area (Å²) in [6, 6.07) is 0.0722. The van der Waals surface area contributed by atoms with Crippen molar-refractivity contribution in [1.29, 1.82) is 0 Å². The molecule has 1 rings (SSSR count). The van der Waals surface area contributed by atoms with Crippen molar-refractivity contribution in [3.63, 3.8) is 0 Å². The van der Waals surface area contributed by atoms with E-state index in [1.807, 2.05) is 5.32 Å². The molecule has 0 saturated heterocycles. The summed E-state index contributed by atoms with van der Waals surface area (Å²) in [5, 5.41) is 4.72. The summed E-state index contributed by atoms with van der Waals surface area (Å²) in [6.45, 7) is 0. The fourth-order valence-electron chi connectivity index (χ4n) is 1.96. The van der Waals surface area contributed by atoms with E-state index >= 15 is 0 Å². The van der Waals surface area contributed by atoms with E-state index in [0.717, 1.165) is 32.1 Å². The zero-order chi connectivity index (χ0) is 14.7. The van der Waals surface area contributed by atoms with E-state index in [2.05, 4.69) is 5.32 Å². The fraction of sp³-hybridized carbons (Fsp3) is 0.875. The highest BCUT2D eigenvalue weighted by atomic mass is 32.1. The molecule has 0 aromatic heterocycles. The van der Waals surface area contributed by atoms with Crippen LogP contribution >= 0.6 is 27.4 Å². The highest BCUT2D eigenvalue weighted by Gasteiger charge is 2.44. The van der Waals surface area contributed by atoms with Gasteiger partial charge in [0.2, 0.25) is 5.52 Å². The van der Waals surface area contributed by atoms with Crippen LogP contribution in [0.15, 0.2) is 0 Å². The van der Waals surface area contributed by atoms with Crippen LogP contribution in [0.3, 0.4) is 0 Å². The van der Waals surface area contributed by atoms with Crippen molar-refractivity contribution in [3.8, 4) is 0 Å². The highest BCUT2D eigenvalue weighted by Crippen LogP contribution is 2.58. The van der Waals surface area contributed by atoms with Gasteiger partial charge in [-0.25, -0.2) is 0 Å². The first-order valence-electron chi connectivity index (χ1n) is 5.78. The molecule has 0 aromatic carbocycles. The summed E-state index contributed by atoms with van der Waals surface area (Å²) in [6.07, 6.45) is 4.93. The van der Waals surface area contributed by atoms with Crippen LogP contribution in [0.1, 0.15) is 32.1 Å². The Balaban J connectivity index is 2.61. The number of hydrogen-bond donors (Lipinski definition) is 6. The normalized spacial score (nSPS) is 18.4. The second-order valence-corrected chi connectivity index (χ2v) is 8.71. The number of hydrogen-bond acceptors (Lipinski definition) is 3. The summed E-state index contributed by atoms with van der Waals surface area (Å²) in [5.74, 6) is 0. The molecule has 0 amide bonds. The molecule has 11 heteroatoms. The van der Waals surface area contributed by atoms with Gasteiger partial charge in [-0.1, -0.05) is 19.3 Å². The molecule has 0 aromatic rings. The van der Waals surface area contributed by atoms with E-state index in [-0.39, 0.29) is 11.2 Å². The predicted octanol–water partition coefficient (Wildman–Crippen LogP) is 0.422. The van der Waals surface area contributed by atoms with Crippen molar-refractivity contribution in [1.82, 2.24) is 10.6 Å². The molecule has 0 bridgehead atoms. The minimum absolute atomic E-state index is 0.0722. The lowest BCUT2D eigenvalue weighted by atomic mass is 9.96. The standard InChI is InChI=1S/C8H18N2O6P2S/c11-17(12,13)8(18(14,15)16)10-7(19)9-6-4-2-1-3-5-6/h6,8H,1-5H2,(H2,9,10,19)(H2,11,12,13)(H2,14,15,16). The van der Waals surface area contributed by atoms with E-state index in [1.54, 1.807) is 0 Å². The molecule has 0 unspecified atom stereocenters. The Morgan fingerprint density at radius 3 is 1.95 bits per heavy atom. The minimum Gasteiger partial charge on any atom is -0.360 e. The quantitative estimate of drug-likeness (QED) is 0.319. The number of nitrogens with one attached hydrogen (secondary N) is 2. The van der Waals surface area contributed by atoms with Crippen molar-refractivity contribution >= 4 is 32.5 Å². The van der Waals surface area contributed by atoms with Gasteiger partial charge in [0.05, 0.1) is 0 Å². The molecule has 1 fully saturated rings. The maximum atomic E-state index is 11.1. The van der Waals surface area contributed by atoms with Gasteiger partial charge in [-0.05, 0) is 25.1 Å². The first kappa shape index (κ1) is 17.0. The third kappa shape index (κ3) is 5.87. The lowest BCUT2D eigenvalue weighted by molar-refractivity contribution is 0.334. The SMILES string of the molecule is O=P(O)(O)C(NC(=S)NC1CCCCC1)P(=O)(O)O. The van der Waals surface area contributed by atoms with E-state index < -0.39 is 20.7 Å². The Labute approximate surface area is 116 Å². The van der Waals surface area contributed by atoms with Crippen LogP contribution in [0, 0.1) is 0 Å². The van der Waals surface area contributed by atoms with Gasteiger partial charge in [0, 0.05) is 6.04 Å². The largest absolute Gasteiger partial charge is 0.360 e. The number of thiocarbonyl (C=S) groups is 1. The zero-order valence-electron chi connectivity index (χ0n) is 10.1. The highest BCUT2D eigenvalue weighted by molar-refractivity contribution is 7.80. The van der Waals surface area contributed by atoms with Crippen LogP contribution in [0.25, 0.3) is 0 Å². The van der Waals surface area contributed by atoms with Gasteiger partial charge in [-0.15, -0.1) is 0 Å². The lowest BCUT2D eigenvalue weighted by Crippen LogP contribution is -2.46. The molecule has 0 spiro atoms.